The third kappa shape index (κ3) is 5.46. The van der Waals surface area contributed by atoms with E-state index in [0.29, 0.717) is 17.9 Å². The number of amides is 1. The summed E-state index contributed by atoms with van der Waals surface area (Å²) >= 11 is 0. The lowest BCUT2D eigenvalue weighted by atomic mass is 10.1. The maximum absolute atomic E-state index is 11.7. The highest BCUT2D eigenvalue weighted by Crippen LogP contribution is 2.13. The molecule has 1 aliphatic rings. The highest BCUT2D eigenvalue weighted by atomic mass is 16.5. The largest absolute Gasteiger partial charge is 0.484 e. The SMILES string of the molecule is CC(=O)c1cccc(OCC(=O)NCCN2CCNCC2)c1. The summed E-state index contributed by atoms with van der Waals surface area (Å²) < 4.78 is 5.41. The summed E-state index contributed by atoms with van der Waals surface area (Å²) in [5.41, 5.74) is 0.580. The lowest BCUT2D eigenvalue weighted by Gasteiger charge is -2.27. The third-order valence-corrected chi connectivity index (χ3v) is 3.57. The molecular weight excluding hydrogens is 282 g/mol. The van der Waals surface area contributed by atoms with Crippen LogP contribution in [0.15, 0.2) is 24.3 Å². The van der Waals surface area contributed by atoms with Gasteiger partial charge in [-0.25, -0.2) is 0 Å². The van der Waals surface area contributed by atoms with Gasteiger partial charge < -0.3 is 15.4 Å². The molecule has 22 heavy (non-hydrogen) atoms. The first kappa shape index (κ1) is 16.5. The van der Waals surface area contributed by atoms with Gasteiger partial charge in [-0.15, -0.1) is 0 Å². The first-order valence-corrected chi connectivity index (χ1v) is 7.59. The molecule has 1 saturated heterocycles. The quantitative estimate of drug-likeness (QED) is 0.709. The van der Waals surface area contributed by atoms with Crippen molar-refractivity contribution in [1.29, 1.82) is 0 Å². The van der Waals surface area contributed by atoms with Crippen molar-refractivity contribution in [3.8, 4) is 5.75 Å². The lowest BCUT2D eigenvalue weighted by molar-refractivity contribution is -0.123. The Balaban J connectivity index is 1.66. The van der Waals surface area contributed by atoms with Gasteiger partial charge in [-0.05, 0) is 19.1 Å². The second-order valence-corrected chi connectivity index (χ2v) is 5.31. The van der Waals surface area contributed by atoms with E-state index in [1.54, 1.807) is 24.3 Å². The van der Waals surface area contributed by atoms with Crippen LogP contribution >= 0.6 is 0 Å². The van der Waals surface area contributed by atoms with Crippen molar-refractivity contribution in [2.24, 2.45) is 0 Å². The topological polar surface area (TPSA) is 70.7 Å². The van der Waals surface area contributed by atoms with Gasteiger partial charge >= 0.3 is 0 Å². The smallest absolute Gasteiger partial charge is 0.257 e. The van der Waals surface area contributed by atoms with Crippen LogP contribution in [-0.2, 0) is 4.79 Å². The summed E-state index contributed by atoms with van der Waals surface area (Å²) in [5, 5.41) is 6.14. The predicted molar refractivity (Wildman–Crippen MR) is 84.3 cm³/mol. The van der Waals surface area contributed by atoms with Gasteiger partial charge in [0, 0.05) is 44.8 Å². The molecular formula is C16H23N3O3. The second kappa shape index (κ2) is 8.51. The second-order valence-electron chi connectivity index (χ2n) is 5.31. The standard InChI is InChI=1S/C16H23N3O3/c1-13(20)14-3-2-4-15(11-14)22-12-16(21)18-7-10-19-8-5-17-6-9-19/h2-4,11,17H,5-10,12H2,1H3,(H,18,21). The fourth-order valence-electron chi connectivity index (χ4n) is 2.29. The number of nitrogens with zero attached hydrogens (tertiary/aromatic N) is 1. The highest BCUT2D eigenvalue weighted by Gasteiger charge is 2.09. The molecule has 0 radical (unpaired) electrons. The minimum atomic E-state index is -0.150. The van der Waals surface area contributed by atoms with E-state index in [1.165, 1.54) is 6.92 Å². The Bertz CT molecular complexity index is 513. The Labute approximate surface area is 130 Å². The molecule has 6 nitrogen and oxygen atoms in total. The predicted octanol–water partition coefficient (Wildman–Crippen LogP) is 0.289. The van der Waals surface area contributed by atoms with Crippen LogP contribution in [0.2, 0.25) is 0 Å². The van der Waals surface area contributed by atoms with E-state index < -0.39 is 0 Å². The van der Waals surface area contributed by atoms with Crippen LogP contribution in [0.4, 0.5) is 0 Å². The number of ether oxygens (including phenoxy) is 1. The molecule has 0 atom stereocenters. The first-order valence-electron chi connectivity index (χ1n) is 7.59. The van der Waals surface area contributed by atoms with Gasteiger partial charge in [0.15, 0.2) is 12.4 Å². The Hall–Kier alpha value is -1.92. The lowest BCUT2D eigenvalue weighted by Crippen LogP contribution is -2.46. The van der Waals surface area contributed by atoms with Crippen LogP contribution < -0.4 is 15.4 Å². The Morgan fingerprint density at radius 2 is 2.09 bits per heavy atom. The summed E-state index contributed by atoms with van der Waals surface area (Å²) in [5.74, 6) is 0.360. The average Bonchev–Trinajstić information content (AvgIpc) is 2.54. The van der Waals surface area contributed by atoms with Gasteiger partial charge in [0.2, 0.25) is 0 Å². The summed E-state index contributed by atoms with van der Waals surface area (Å²) in [4.78, 5) is 25.3. The molecule has 0 saturated carbocycles. The maximum Gasteiger partial charge on any atom is 0.257 e. The van der Waals surface area contributed by atoms with Crippen LogP contribution in [0.25, 0.3) is 0 Å². The first-order chi connectivity index (χ1) is 10.6. The molecule has 2 rings (SSSR count). The molecule has 1 fully saturated rings. The number of carbonyl (C=O) groups is 2. The molecule has 0 aromatic heterocycles. The van der Waals surface area contributed by atoms with E-state index in [-0.39, 0.29) is 18.3 Å². The summed E-state index contributed by atoms with van der Waals surface area (Å²) in [6.07, 6.45) is 0. The number of Topliss-reactive ketones (excluding diaryl/α,β-unsaturated/α-hetero) is 1. The molecule has 0 bridgehead atoms. The minimum Gasteiger partial charge on any atom is -0.484 e. The number of rotatable bonds is 7. The van der Waals surface area contributed by atoms with Gasteiger partial charge in [-0.1, -0.05) is 12.1 Å². The number of hydrogen-bond donors (Lipinski definition) is 2. The zero-order valence-corrected chi connectivity index (χ0v) is 12.9. The monoisotopic (exact) mass is 305 g/mol. The molecule has 1 aromatic carbocycles. The van der Waals surface area contributed by atoms with Crippen molar-refractivity contribution in [3.63, 3.8) is 0 Å². The van der Waals surface area contributed by atoms with Crippen LogP contribution in [0.1, 0.15) is 17.3 Å². The Morgan fingerprint density at radius 1 is 1.32 bits per heavy atom. The van der Waals surface area contributed by atoms with Gasteiger partial charge in [0.1, 0.15) is 5.75 Å². The maximum atomic E-state index is 11.7. The van der Waals surface area contributed by atoms with E-state index >= 15 is 0 Å². The Kier molecular flexibility index (Phi) is 6.36. The molecule has 1 aliphatic heterocycles. The van der Waals surface area contributed by atoms with Crippen molar-refractivity contribution >= 4 is 11.7 Å². The molecule has 1 aromatic rings. The molecule has 6 heteroatoms. The van der Waals surface area contributed by atoms with Crippen molar-refractivity contribution in [3.05, 3.63) is 29.8 Å². The molecule has 0 aliphatic carbocycles. The van der Waals surface area contributed by atoms with Crippen LogP contribution in [-0.4, -0.2) is 62.5 Å². The van der Waals surface area contributed by atoms with Crippen LogP contribution in [0.5, 0.6) is 5.75 Å². The van der Waals surface area contributed by atoms with Gasteiger partial charge in [0.25, 0.3) is 5.91 Å². The van der Waals surface area contributed by atoms with Crippen molar-refractivity contribution in [2.75, 3.05) is 45.9 Å². The summed E-state index contributed by atoms with van der Waals surface area (Å²) in [6.45, 7) is 6.98. The number of piperazine rings is 1. The fourth-order valence-corrected chi connectivity index (χ4v) is 2.29. The number of nitrogens with one attached hydrogen (secondary N) is 2. The zero-order chi connectivity index (χ0) is 15.8. The number of carbonyl (C=O) groups excluding carboxylic acids is 2. The molecule has 1 amide bonds. The van der Waals surface area contributed by atoms with Gasteiger partial charge in [-0.2, -0.15) is 0 Å². The van der Waals surface area contributed by atoms with E-state index in [4.69, 9.17) is 4.74 Å². The molecule has 120 valence electrons. The van der Waals surface area contributed by atoms with E-state index in [2.05, 4.69) is 15.5 Å². The molecule has 1 heterocycles. The number of hydrogen-bond acceptors (Lipinski definition) is 5. The number of benzene rings is 1. The van der Waals surface area contributed by atoms with Gasteiger partial charge in [-0.3, -0.25) is 14.5 Å². The third-order valence-electron chi connectivity index (χ3n) is 3.57. The van der Waals surface area contributed by atoms with Crippen molar-refractivity contribution < 1.29 is 14.3 Å². The number of ketones is 1. The molecule has 0 spiro atoms. The zero-order valence-electron chi connectivity index (χ0n) is 12.9. The van der Waals surface area contributed by atoms with E-state index in [9.17, 15) is 9.59 Å². The minimum absolute atomic E-state index is 0.0223. The summed E-state index contributed by atoms with van der Waals surface area (Å²) in [7, 11) is 0. The molecule has 0 unspecified atom stereocenters. The van der Waals surface area contributed by atoms with E-state index in [0.717, 1.165) is 32.7 Å². The van der Waals surface area contributed by atoms with Crippen molar-refractivity contribution in [1.82, 2.24) is 15.5 Å². The molecule has 2 N–H and O–H groups in total. The Morgan fingerprint density at radius 3 is 2.82 bits per heavy atom. The van der Waals surface area contributed by atoms with Crippen LogP contribution in [0.3, 0.4) is 0 Å². The normalized spacial score (nSPS) is 15.3. The van der Waals surface area contributed by atoms with Gasteiger partial charge in [0.05, 0.1) is 0 Å². The average molecular weight is 305 g/mol. The van der Waals surface area contributed by atoms with Crippen LogP contribution in [0, 0.1) is 0 Å². The van der Waals surface area contributed by atoms with E-state index in [1.807, 2.05) is 0 Å². The highest BCUT2D eigenvalue weighted by molar-refractivity contribution is 5.94. The fraction of sp³-hybridized carbons (Fsp3) is 0.500. The summed E-state index contributed by atoms with van der Waals surface area (Å²) in [6, 6.07) is 6.86. The van der Waals surface area contributed by atoms with Crippen molar-refractivity contribution in [2.45, 2.75) is 6.92 Å².